The molecular formula is C20H34O4S. The molecule has 4 nitrogen and oxygen atoms in total. The molecule has 0 atom stereocenters. The second-order valence-corrected chi connectivity index (χ2v) is 8.26. The van der Waals surface area contributed by atoms with Gasteiger partial charge >= 0.3 is 0 Å². The second-order valence-electron chi connectivity index (χ2n) is 6.69. The molecule has 0 amide bonds. The Kier molecular flexibility index (Phi) is 10.8. The average Bonchev–Trinajstić information content (AvgIpc) is 2.55. The summed E-state index contributed by atoms with van der Waals surface area (Å²) in [6.07, 6.45) is 10.6. The van der Waals surface area contributed by atoms with Crippen molar-refractivity contribution in [2.75, 3.05) is 12.4 Å². The predicted octanol–water partition coefficient (Wildman–Crippen LogP) is 5.20. The van der Waals surface area contributed by atoms with E-state index in [1.165, 1.54) is 49.7 Å². The van der Waals surface area contributed by atoms with Crippen LogP contribution in [0.4, 0.5) is 0 Å². The molecule has 0 radical (unpaired) electrons. The Morgan fingerprint density at radius 1 is 0.880 bits per heavy atom. The number of aryl methyl sites for hydroxylation is 2. The Hall–Kier alpha value is -1.07. The molecule has 0 aromatic heterocycles. The maximum Gasteiger partial charge on any atom is 0.264 e. The van der Waals surface area contributed by atoms with E-state index in [0.717, 1.165) is 18.6 Å². The molecule has 1 rings (SSSR count). The van der Waals surface area contributed by atoms with Gasteiger partial charge in [-0.2, -0.15) is 8.42 Å². The minimum Gasteiger partial charge on any atom is -0.494 e. The van der Waals surface area contributed by atoms with Gasteiger partial charge in [0.15, 0.2) is 0 Å². The van der Waals surface area contributed by atoms with Crippen LogP contribution >= 0.6 is 0 Å². The first kappa shape index (κ1) is 22.0. The van der Waals surface area contributed by atoms with Crippen molar-refractivity contribution in [3.05, 3.63) is 29.3 Å². The summed E-state index contributed by atoms with van der Waals surface area (Å²) in [4.78, 5) is 0. The Bertz CT molecular complexity index is 581. The summed E-state index contributed by atoms with van der Waals surface area (Å²) in [5.41, 5.74) is 2.82. The number of benzene rings is 1. The molecule has 0 fully saturated rings. The van der Waals surface area contributed by atoms with Crippen molar-refractivity contribution in [3.8, 4) is 5.75 Å². The van der Waals surface area contributed by atoms with Crippen molar-refractivity contribution in [1.29, 1.82) is 0 Å². The van der Waals surface area contributed by atoms with E-state index in [-0.39, 0.29) is 5.75 Å². The molecule has 5 heteroatoms. The number of unbranched alkanes of at least 4 members (excludes halogenated alkanes) is 5. The lowest BCUT2D eigenvalue weighted by Gasteiger charge is -2.13. The van der Waals surface area contributed by atoms with Crippen LogP contribution in [0.15, 0.2) is 18.2 Å². The van der Waals surface area contributed by atoms with E-state index in [0.29, 0.717) is 19.4 Å². The van der Waals surface area contributed by atoms with E-state index in [2.05, 4.69) is 26.0 Å². The average molecular weight is 371 g/mol. The summed E-state index contributed by atoms with van der Waals surface area (Å²) >= 11 is 0. The molecule has 25 heavy (non-hydrogen) atoms. The predicted molar refractivity (Wildman–Crippen MR) is 104 cm³/mol. The molecule has 1 N–H and O–H groups in total. The van der Waals surface area contributed by atoms with Crippen molar-refractivity contribution in [2.24, 2.45) is 0 Å². The fourth-order valence-corrected chi connectivity index (χ4v) is 3.45. The standard InChI is InChI=1S/C20H34O4S/c1-3-5-7-11-18-13-14-20(17-19(18)12-8-6-4-2)24-15-9-10-16-25(21,22)23/h13-14,17H,3-12,15-16H2,1-2H3,(H,21,22,23). The summed E-state index contributed by atoms with van der Waals surface area (Å²) in [6, 6.07) is 6.36. The van der Waals surface area contributed by atoms with Crippen LogP contribution in [0.2, 0.25) is 0 Å². The molecule has 0 heterocycles. The fourth-order valence-electron chi connectivity index (χ4n) is 2.88. The summed E-state index contributed by atoms with van der Waals surface area (Å²) in [6.45, 7) is 4.91. The zero-order valence-corrected chi connectivity index (χ0v) is 16.6. The third-order valence-corrected chi connectivity index (χ3v) is 5.15. The van der Waals surface area contributed by atoms with Crippen molar-refractivity contribution < 1.29 is 17.7 Å². The van der Waals surface area contributed by atoms with Gasteiger partial charge in [0.1, 0.15) is 5.75 Å². The number of hydrogen-bond donors (Lipinski definition) is 1. The molecule has 0 unspecified atom stereocenters. The van der Waals surface area contributed by atoms with Crippen LogP contribution in [0.25, 0.3) is 0 Å². The molecule has 0 aliphatic heterocycles. The van der Waals surface area contributed by atoms with Crippen LogP contribution in [0, 0.1) is 0 Å². The van der Waals surface area contributed by atoms with Gasteiger partial charge in [-0.05, 0) is 61.8 Å². The summed E-state index contributed by atoms with van der Waals surface area (Å²) in [5, 5.41) is 0. The first-order valence-corrected chi connectivity index (χ1v) is 11.3. The van der Waals surface area contributed by atoms with E-state index in [4.69, 9.17) is 9.29 Å². The quantitative estimate of drug-likeness (QED) is 0.361. The Morgan fingerprint density at radius 3 is 2.12 bits per heavy atom. The molecule has 0 saturated carbocycles. The molecule has 1 aromatic rings. The van der Waals surface area contributed by atoms with Crippen molar-refractivity contribution in [1.82, 2.24) is 0 Å². The minimum absolute atomic E-state index is 0.199. The zero-order chi connectivity index (χ0) is 18.5. The van der Waals surface area contributed by atoms with Gasteiger partial charge in [-0.1, -0.05) is 45.6 Å². The summed E-state index contributed by atoms with van der Waals surface area (Å²) < 4.78 is 35.9. The van der Waals surface area contributed by atoms with Gasteiger partial charge < -0.3 is 4.74 Å². The third kappa shape index (κ3) is 10.5. The highest BCUT2D eigenvalue weighted by atomic mass is 32.2. The third-order valence-electron chi connectivity index (χ3n) is 4.34. The largest absolute Gasteiger partial charge is 0.494 e. The topological polar surface area (TPSA) is 63.6 Å². The lowest BCUT2D eigenvalue weighted by atomic mass is 9.97. The van der Waals surface area contributed by atoms with Gasteiger partial charge in [-0.25, -0.2) is 0 Å². The highest BCUT2D eigenvalue weighted by molar-refractivity contribution is 7.85. The Morgan fingerprint density at radius 2 is 1.52 bits per heavy atom. The first-order valence-electron chi connectivity index (χ1n) is 9.66. The molecule has 0 aliphatic carbocycles. The SMILES string of the molecule is CCCCCc1ccc(OCCCCS(=O)(=O)O)cc1CCCCC. The molecular weight excluding hydrogens is 336 g/mol. The highest BCUT2D eigenvalue weighted by Gasteiger charge is 2.07. The minimum atomic E-state index is -3.86. The van der Waals surface area contributed by atoms with E-state index in [9.17, 15) is 8.42 Å². The number of ether oxygens (including phenoxy) is 1. The molecule has 0 spiro atoms. The Balaban J connectivity index is 2.56. The van der Waals surface area contributed by atoms with Gasteiger partial charge in [0.05, 0.1) is 12.4 Å². The normalized spacial score (nSPS) is 11.6. The monoisotopic (exact) mass is 370 g/mol. The van der Waals surface area contributed by atoms with E-state index < -0.39 is 10.1 Å². The molecule has 0 bridgehead atoms. The summed E-state index contributed by atoms with van der Waals surface area (Å²) in [7, 11) is -3.86. The highest BCUT2D eigenvalue weighted by Crippen LogP contribution is 2.22. The van der Waals surface area contributed by atoms with Crippen LogP contribution in [-0.2, 0) is 23.0 Å². The van der Waals surface area contributed by atoms with Gasteiger partial charge in [-0.3, -0.25) is 4.55 Å². The molecule has 0 aliphatic rings. The van der Waals surface area contributed by atoms with Crippen molar-refractivity contribution in [2.45, 2.75) is 78.1 Å². The van der Waals surface area contributed by atoms with E-state index in [1.54, 1.807) is 0 Å². The van der Waals surface area contributed by atoms with Crippen LogP contribution in [0.1, 0.15) is 76.3 Å². The van der Waals surface area contributed by atoms with Gasteiger partial charge in [0, 0.05) is 0 Å². The zero-order valence-electron chi connectivity index (χ0n) is 15.8. The van der Waals surface area contributed by atoms with Gasteiger partial charge in [0.25, 0.3) is 10.1 Å². The first-order chi connectivity index (χ1) is 12.0. The molecule has 1 aromatic carbocycles. The van der Waals surface area contributed by atoms with Crippen LogP contribution < -0.4 is 4.74 Å². The van der Waals surface area contributed by atoms with E-state index in [1.807, 2.05) is 6.07 Å². The lowest BCUT2D eigenvalue weighted by Crippen LogP contribution is -2.06. The lowest BCUT2D eigenvalue weighted by molar-refractivity contribution is 0.308. The number of rotatable bonds is 14. The van der Waals surface area contributed by atoms with E-state index >= 15 is 0 Å². The fraction of sp³-hybridized carbons (Fsp3) is 0.700. The van der Waals surface area contributed by atoms with Crippen LogP contribution in [0.5, 0.6) is 5.75 Å². The van der Waals surface area contributed by atoms with Crippen molar-refractivity contribution in [3.63, 3.8) is 0 Å². The van der Waals surface area contributed by atoms with Crippen LogP contribution in [-0.4, -0.2) is 25.3 Å². The maximum atomic E-state index is 10.7. The van der Waals surface area contributed by atoms with Gasteiger partial charge in [0.2, 0.25) is 0 Å². The second kappa shape index (κ2) is 12.3. The number of hydrogen-bond acceptors (Lipinski definition) is 3. The maximum absolute atomic E-state index is 10.7. The van der Waals surface area contributed by atoms with Gasteiger partial charge in [-0.15, -0.1) is 0 Å². The smallest absolute Gasteiger partial charge is 0.264 e. The van der Waals surface area contributed by atoms with Crippen LogP contribution in [0.3, 0.4) is 0 Å². The molecule has 144 valence electrons. The Labute approximate surface area is 153 Å². The van der Waals surface area contributed by atoms with Crippen molar-refractivity contribution >= 4 is 10.1 Å². The summed E-state index contributed by atoms with van der Waals surface area (Å²) in [5.74, 6) is 0.659. The molecule has 0 saturated heterocycles.